The predicted octanol–water partition coefficient (Wildman–Crippen LogP) is 4.68. The largest absolute Gasteiger partial charge is 0.312 e. The van der Waals surface area contributed by atoms with E-state index in [1.807, 2.05) is 11.8 Å². The minimum absolute atomic E-state index is 0.149. The van der Waals surface area contributed by atoms with Gasteiger partial charge in [-0.15, -0.1) is 0 Å². The van der Waals surface area contributed by atoms with Crippen LogP contribution >= 0.6 is 23.4 Å². The van der Waals surface area contributed by atoms with Crippen LogP contribution in [0.1, 0.15) is 38.7 Å². The molecule has 1 aliphatic rings. The summed E-state index contributed by atoms with van der Waals surface area (Å²) in [7, 11) is 0. The van der Waals surface area contributed by atoms with Gasteiger partial charge in [-0.1, -0.05) is 18.5 Å². The minimum Gasteiger partial charge on any atom is -0.312 e. The lowest BCUT2D eigenvalue weighted by atomic mass is 9.90. The second-order valence-corrected chi connectivity index (χ2v) is 7.78. The van der Waals surface area contributed by atoms with Crippen LogP contribution in [-0.4, -0.2) is 23.1 Å². The van der Waals surface area contributed by atoms with Gasteiger partial charge in [-0.05, 0) is 68.7 Å². The molecule has 1 aliphatic heterocycles. The molecular formula is C16H23ClFNS. The average molecular weight is 316 g/mol. The van der Waals surface area contributed by atoms with Crippen molar-refractivity contribution >= 4 is 23.4 Å². The Morgan fingerprint density at radius 3 is 2.95 bits per heavy atom. The summed E-state index contributed by atoms with van der Waals surface area (Å²) in [4.78, 5) is 0. The number of hydrogen-bond donors (Lipinski definition) is 1. The molecule has 0 amide bonds. The smallest absolute Gasteiger partial charge is 0.126 e. The Balaban J connectivity index is 2.16. The molecule has 4 heteroatoms. The molecule has 1 saturated heterocycles. The zero-order valence-corrected chi connectivity index (χ0v) is 13.8. The molecule has 0 aliphatic carbocycles. The summed E-state index contributed by atoms with van der Waals surface area (Å²) < 4.78 is 14.2. The van der Waals surface area contributed by atoms with Gasteiger partial charge in [0.1, 0.15) is 5.82 Å². The van der Waals surface area contributed by atoms with Crippen molar-refractivity contribution in [3.8, 4) is 0 Å². The van der Waals surface area contributed by atoms with Crippen LogP contribution in [0.25, 0.3) is 0 Å². The molecule has 0 saturated carbocycles. The fraction of sp³-hybridized carbons (Fsp3) is 0.625. The summed E-state index contributed by atoms with van der Waals surface area (Å²) >= 11 is 8.02. The van der Waals surface area contributed by atoms with Gasteiger partial charge in [0, 0.05) is 15.8 Å². The molecule has 20 heavy (non-hydrogen) atoms. The zero-order valence-electron chi connectivity index (χ0n) is 12.2. The first kappa shape index (κ1) is 16.1. The molecular weight excluding hydrogens is 293 g/mol. The first-order chi connectivity index (χ1) is 9.55. The van der Waals surface area contributed by atoms with Crippen LogP contribution in [0.4, 0.5) is 4.39 Å². The van der Waals surface area contributed by atoms with Crippen molar-refractivity contribution in [2.24, 2.45) is 0 Å². The fourth-order valence-corrected chi connectivity index (χ4v) is 4.42. The number of nitrogens with one attached hydrogen (secondary N) is 1. The Morgan fingerprint density at radius 2 is 2.30 bits per heavy atom. The van der Waals surface area contributed by atoms with Gasteiger partial charge in [0.2, 0.25) is 0 Å². The topological polar surface area (TPSA) is 12.0 Å². The van der Waals surface area contributed by atoms with E-state index in [-0.39, 0.29) is 10.6 Å². The van der Waals surface area contributed by atoms with Gasteiger partial charge >= 0.3 is 0 Å². The van der Waals surface area contributed by atoms with Gasteiger partial charge in [0.05, 0.1) is 0 Å². The van der Waals surface area contributed by atoms with Crippen molar-refractivity contribution in [1.82, 2.24) is 5.32 Å². The van der Waals surface area contributed by atoms with E-state index >= 15 is 0 Å². The van der Waals surface area contributed by atoms with Crippen molar-refractivity contribution in [2.75, 3.05) is 12.3 Å². The van der Waals surface area contributed by atoms with Crippen LogP contribution in [0.5, 0.6) is 0 Å². The van der Waals surface area contributed by atoms with Gasteiger partial charge < -0.3 is 5.32 Å². The van der Waals surface area contributed by atoms with Crippen LogP contribution in [-0.2, 0) is 6.42 Å². The molecule has 0 aromatic heterocycles. The third-order valence-corrected chi connectivity index (χ3v) is 5.93. The highest BCUT2D eigenvalue weighted by Crippen LogP contribution is 2.41. The van der Waals surface area contributed by atoms with Crippen LogP contribution in [0.2, 0.25) is 5.02 Å². The van der Waals surface area contributed by atoms with E-state index in [0.717, 1.165) is 18.5 Å². The Labute approximate surface area is 130 Å². The van der Waals surface area contributed by atoms with E-state index in [4.69, 9.17) is 11.6 Å². The third kappa shape index (κ3) is 3.90. The number of thioether (sulfide) groups is 1. The van der Waals surface area contributed by atoms with Crippen molar-refractivity contribution in [3.63, 3.8) is 0 Å². The van der Waals surface area contributed by atoms with Crippen LogP contribution in [0.15, 0.2) is 18.2 Å². The van der Waals surface area contributed by atoms with Gasteiger partial charge in [0.25, 0.3) is 0 Å². The molecule has 1 N–H and O–H groups in total. The van der Waals surface area contributed by atoms with Crippen LogP contribution < -0.4 is 5.32 Å². The maximum absolute atomic E-state index is 14.0. The van der Waals surface area contributed by atoms with Gasteiger partial charge in [-0.25, -0.2) is 4.39 Å². The quantitative estimate of drug-likeness (QED) is 0.818. The SMILES string of the molecule is CCCNC(Cc1cc(Cl)ccc1F)C1(C)CCCS1. The number of halogens is 2. The molecule has 0 bridgehead atoms. The van der Waals surface area contributed by atoms with Gasteiger partial charge in [0.15, 0.2) is 0 Å². The molecule has 2 rings (SSSR count). The Hall–Kier alpha value is -0.250. The van der Waals surface area contributed by atoms with E-state index in [2.05, 4.69) is 19.2 Å². The lowest BCUT2D eigenvalue weighted by Gasteiger charge is -2.34. The van der Waals surface area contributed by atoms with E-state index in [1.54, 1.807) is 12.1 Å². The second-order valence-electron chi connectivity index (χ2n) is 5.71. The fourth-order valence-electron chi connectivity index (χ4n) is 2.82. The van der Waals surface area contributed by atoms with Crippen molar-refractivity contribution in [3.05, 3.63) is 34.6 Å². The highest BCUT2D eigenvalue weighted by atomic mass is 35.5. The Bertz CT molecular complexity index is 446. The summed E-state index contributed by atoms with van der Waals surface area (Å²) in [6.07, 6.45) is 4.25. The molecule has 1 fully saturated rings. The van der Waals surface area contributed by atoms with E-state index in [9.17, 15) is 4.39 Å². The Morgan fingerprint density at radius 1 is 1.50 bits per heavy atom. The molecule has 1 heterocycles. The van der Waals surface area contributed by atoms with Crippen molar-refractivity contribution < 1.29 is 4.39 Å². The van der Waals surface area contributed by atoms with Crippen LogP contribution in [0.3, 0.4) is 0 Å². The molecule has 2 atom stereocenters. The molecule has 1 aromatic carbocycles. The molecule has 0 spiro atoms. The average Bonchev–Trinajstić information content (AvgIpc) is 2.86. The highest BCUT2D eigenvalue weighted by molar-refractivity contribution is 8.00. The Kier molecular flexibility index (Phi) is 5.76. The lowest BCUT2D eigenvalue weighted by Crippen LogP contribution is -2.47. The molecule has 1 nitrogen and oxygen atoms in total. The van der Waals surface area contributed by atoms with Gasteiger partial charge in [-0.2, -0.15) is 11.8 Å². The lowest BCUT2D eigenvalue weighted by molar-refractivity contribution is 0.394. The molecule has 0 radical (unpaired) electrons. The van der Waals surface area contributed by atoms with Crippen molar-refractivity contribution in [2.45, 2.75) is 50.3 Å². The maximum Gasteiger partial charge on any atom is 0.126 e. The maximum atomic E-state index is 14.0. The number of rotatable bonds is 6. The summed E-state index contributed by atoms with van der Waals surface area (Å²) in [5.74, 6) is 1.06. The number of benzene rings is 1. The first-order valence-corrected chi connectivity index (χ1v) is 8.73. The third-order valence-electron chi connectivity index (χ3n) is 4.06. The zero-order chi connectivity index (χ0) is 14.6. The van der Waals surface area contributed by atoms with Crippen LogP contribution in [0, 0.1) is 5.82 Å². The van der Waals surface area contributed by atoms with E-state index < -0.39 is 0 Å². The normalized spacial score (nSPS) is 24.0. The summed E-state index contributed by atoms with van der Waals surface area (Å²) in [5.41, 5.74) is 0.722. The molecule has 1 aromatic rings. The second kappa shape index (κ2) is 7.15. The summed E-state index contributed by atoms with van der Waals surface area (Å²) in [6, 6.07) is 5.14. The minimum atomic E-state index is -0.149. The van der Waals surface area contributed by atoms with E-state index in [0.29, 0.717) is 17.5 Å². The number of hydrogen-bond acceptors (Lipinski definition) is 2. The predicted molar refractivity (Wildman–Crippen MR) is 87.3 cm³/mol. The van der Waals surface area contributed by atoms with E-state index in [1.165, 1.54) is 24.7 Å². The first-order valence-electron chi connectivity index (χ1n) is 7.36. The summed E-state index contributed by atoms with van der Waals surface area (Å²) in [6.45, 7) is 5.44. The molecule has 112 valence electrons. The van der Waals surface area contributed by atoms with Gasteiger partial charge in [-0.3, -0.25) is 0 Å². The standard InChI is InChI=1S/C16H23ClFNS/c1-3-8-19-15(16(2)7-4-9-20-16)11-12-10-13(17)5-6-14(12)18/h5-6,10,15,19H,3-4,7-9,11H2,1-2H3. The monoisotopic (exact) mass is 315 g/mol. The summed E-state index contributed by atoms with van der Waals surface area (Å²) in [5, 5.41) is 4.23. The molecule has 2 unspecified atom stereocenters. The van der Waals surface area contributed by atoms with Crippen molar-refractivity contribution in [1.29, 1.82) is 0 Å². The highest BCUT2D eigenvalue weighted by Gasteiger charge is 2.37.